The van der Waals surface area contributed by atoms with E-state index in [-0.39, 0.29) is 23.2 Å². The number of aromatic nitrogens is 3. The molecule has 166 valence electrons. The van der Waals surface area contributed by atoms with Gasteiger partial charge in [-0.3, -0.25) is 9.36 Å². The number of rotatable bonds is 7. The van der Waals surface area contributed by atoms with Gasteiger partial charge in [0.1, 0.15) is 11.5 Å². The van der Waals surface area contributed by atoms with Gasteiger partial charge in [-0.1, -0.05) is 59.8 Å². The first-order chi connectivity index (χ1) is 16.0. The number of phenolic OH excluding ortho intramolecular Hbond substituents is 2. The van der Waals surface area contributed by atoms with Crippen molar-refractivity contribution >= 4 is 23.9 Å². The number of carbonyl (C=O) groups is 1. The largest absolute Gasteiger partial charge is 0.508 e. The van der Waals surface area contributed by atoms with Gasteiger partial charge < -0.3 is 10.2 Å². The number of aryl methyl sites for hydroxylation is 1. The van der Waals surface area contributed by atoms with Crippen LogP contribution < -0.4 is 5.43 Å². The molecule has 0 saturated heterocycles. The number of hydrazone groups is 1. The average Bonchev–Trinajstić information content (AvgIpc) is 3.24. The zero-order valence-electron chi connectivity index (χ0n) is 17.7. The Morgan fingerprint density at radius 1 is 1.06 bits per heavy atom. The molecule has 0 radical (unpaired) electrons. The fraction of sp³-hybridized carbons (Fsp3) is 0.0833. The Bertz CT molecular complexity index is 1290. The lowest BCUT2D eigenvalue weighted by Crippen LogP contribution is -2.20. The van der Waals surface area contributed by atoms with Crippen LogP contribution in [0.1, 0.15) is 11.1 Å². The Morgan fingerprint density at radius 2 is 1.82 bits per heavy atom. The Kier molecular flexibility index (Phi) is 6.70. The van der Waals surface area contributed by atoms with E-state index in [0.717, 1.165) is 16.8 Å². The molecule has 4 rings (SSSR count). The SMILES string of the molecule is Cc1ccc(-n2c(SCC(=O)N/N=C\c3ccc(O)cc3O)nnc2-c2ccccc2)cc1. The van der Waals surface area contributed by atoms with Crippen LogP contribution in [0, 0.1) is 6.92 Å². The van der Waals surface area contributed by atoms with E-state index in [9.17, 15) is 15.0 Å². The van der Waals surface area contributed by atoms with Crippen molar-refractivity contribution in [2.45, 2.75) is 12.1 Å². The molecule has 33 heavy (non-hydrogen) atoms. The zero-order chi connectivity index (χ0) is 23.2. The van der Waals surface area contributed by atoms with E-state index >= 15 is 0 Å². The first-order valence-corrected chi connectivity index (χ1v) is 11.0. The highest BCUT2D eigenvalue weighted by Crippen LogP contribution is 2.28. The van der Waals surface area contributed by atoms with Crippen LogP contribution in [0.4, 0.5) is 0 Å². The second kappa shape index (κ2) is 10.0. The van der Waals surface area contributed by atoms with Gasteiger partial charge in [0.15, 0.2) is 11.0 Å². The molecule has 0 atom stereocenters. The van der Waals surface area contributed by atoms with E-state index in [2.05, 4.69) is 20.7 Å². The Balaban J connectivity index is 1.49. The Hall–Kier alpha value is -4.11. The molecule has 0 unspecified atom stereocenters. The summed E-state index contributed by atoms with van der Waals surface area (Å²) in [6.45, 7) is 2.02. The van der Waals surface area contributed by atoms with Gasteiger partial charge in [0.2, 0.25) is 0 Å². The van der Waals surface area contributed by atoms with Crippen molar-refractivity contribution in [1.82, 2.24) is 20.2 Å². The summed E-state index contributed by atoms with van der Waals surface area (Å²) in [5.74, 6) is 0.217. The normalized spacial score (nSPS) is 11.1. The molecule has 3 N–H and O–H groups in total. The van der Waals surface area contributed by atoms with E-state index in [1.165, 1.54) is 36.2 Å². The minimum atomic E-state index is -0.339. The molecule has 0 aliphatic heterocycles. The maximum absolute atomic E-state index is 12.3. The summed E-state index contributed by atoms with van der Waals surface area (Å²) >= 11 is 1.24. The van der Waals surface area contributed by atoms with Crippen LogP contribution in [0.15, 0.2) is 83.1 Å². The molecule has 0 fully saturated rings. The molecule has 9 heteroatoms. The second-order valence-electron chi connectivity index (χ2n) is 7.17. The molecule has 0 saturated carbocycles. The number of nitrogens with zero attached hydrogens (tertiary/aromatic N) is 4. The lowest BCUT2D eigenvalue weighted by molar-refractivity contribution is -0.118. The van der Waals surface area contributed by atoms with Crippen molar-refractivity contribution in [3.8, 4) is 28.6 Å². The number of thioether (sulfide) groups is 1. The summed E-state index contributed by atoms with van der Waals surface area (Å²) in [5, 5.41) is 32.2. The molecule has 0 aliphatic rings. The quantitative estimate of drug-likeness (QED) is 0.220. The van der Waals surface area contributed by atoms with Gasteiger partial charge >= 0.3 is 0 Å². The van der Waals surface area contributed by atoms with Crippen LogP contribution in [0.3, 0.4) is 0 Å². The summed E-state index contributed by atoms with van der Waals surface area (Å²) in [6.07, 6.45) is 1.31. The third-order valence-electron chi connectivity index (χ3n) is 4.70. The first kappa shape index (κ1) is 22.1. The fourth-order valence-electron chi connectivity index (χ4n) is 3.04. The Labute approximate surface area is 194 Å². The number of aromatic hydroxyl groups is 2. The predicted molar refractivity (Wildman–Crippen MR) is 128 cm³/mol. The highest BCUT2D eigenvalue weighted by atomic mass is 32.2. The van der Waals surface area contributed by atoms with Crippen molar-refractivity contribution < 1.29 is 15.0 Å². The van der Waals surface area contributed by atoms with Gasteiger partial charge in [-0.05, 0) is 31.2 Å². The van der Waals surface area contributed by atoms with Crippen LogP contribution in [-0.4, -0.2) is 42.9 Å². The van der Waals surface area contributed by atoms with Crippen molar-refractivity contribution in [1.29, 1.82) is 0 Å². The number of benzene rings is 3. The van der Waals surface area contributed by atoms with E-state index in [0.29, 0.717) is 16.5 Å². The van der Waals surface area contributed by atoms with Gasteiger partial charge in [0.25, 0.3) is 5.91 Å². The molecule has 1 aromatic heterocycles. The van der Waals surface area contributed by atoms with Gasteiger partial charge in [0.05, 0.1) is 12.0 Å². The second-order valence-corrected chi connectivity index (χ2v) is 8.11. The minimum absolute atomic E-state index is 0.0577. The summed E-state index contributed by atoms with van der Waals surface area (Å²) in [6, 6.07) is 21.8. The molecule has 8 nitrogen and oxygen atoms in total. The van der Waals surface area contributed by atoms with Crippen molar-refractivity contribution in [3.63, 3.8) is 0 Å². The van der Waals surface area contributed by atoms with E-state index in [1.54, 1.807) is 0 Å². The highest BCUT2D eigenvalue weighted by molar-refractivity contribution is 7.99. The van der Waals surface area contributed by atoms with Crippen LogP contribution >= 0.6 is 11.8 Å². The number of amides is 1. The summed E-state index contributed by atoms with van der Waals surface area (Å²) in [7, 11) is 0. The highest BCUT2D eigenvalue weighted by Gasteiger charge is 2.17. The smallest absolute Gasteiger partial charge is 0.250 e. The third kappa shape index (κ3) is 5.39. The van der Waals surface area contributed by atoms with Gasteiger partial charge in [-0.15, -0.1) is 10.2 Å². The molecular weight excluding hydrogens is 438 g/mol. The standard InChI is InChI=1S/C24H21N5O3S/c1-16-7-10-19(11-8-16)29-23(17-5-3-2-4-6-17)27-28-24(29)33-15-22(32)26-25-14-18-9-12-20(30)13-21(18)31/h2-14,30-31H,15H2,1H3,(H,26,32)/b25-14-. The molecule has 0 spiro atoms. The lowest BCUT2D eigenvalue weighted by atomic mass is 10.2. The monoisotopic (exact) mass is 459 g/mol. The maximum atomic E-state index is 12.3. The average molecular weight is 460 g/mol. The fourth-order valence-corrected chi connectivity index (χ4v) is 3.79. The van der Waals surface area contributed by atoms with E-state index in [1.807, 2.05) is 66.1 Å². The van der Waals surface area contributed by atoms with Crippen LogP contribution in [-0.2, 0) is 4.79 Å². The van der Waals surface area contributed by atoms with Crippen molar-refractivity contribution in [3.05, 3.63) is 83.9 Å². The van der Waals surface area contributed by atoms with Crippen LogP contribution in [0.25, 0.3) is 17.1 Å². The lowest BCUT2D eigenvalue weighted by Gasteiger charge is -2.10. The van der Waals surface area contributed by atoms with Gasteiger partial charge in [-0.2, -0.15) is 5.10 Å². The number of hydrogen-bond donors (Lipinski definition) is 3. The van der Waals surface area contributed by atoms with Crippen LogP contribution in [0.5, 0.6) is 11.5 Å². The number of hydrogen-bond acceptors (Lipinski definition) is 7. The third-order valence-corrected chi connectivity index (χ3v) is 5.63. The molecule has 3 aromatic carbocycles. The molecule has 1 heterocycles. The first-order valence-electron chi connectivity index (χ1n) is 10.1. The van der Waals surface area contributed by atoms with Gasteiger partial charge in [0, 0.05) is 22.9 Å². The predicted octanol–water partition coefficient (Wildman–Crippen LogP) is 3.90. The summed E-state index contributed by atoms with van der Waals surface area (Å²) in [4.78, 5) is 12.3. The molecule has 4 aromatic rings. The minimum Gasteiger partial charge on any atom is -0.508 e. The number of carbonyl (C=O) groups excluding carboxylic acids is 1. The maximum Gasteiger partial charge on any atom is 0.250 e. The number of nitrogens with one attached hydrogen (secondary N) is 1. The zero-order valence-corrected chi connectivity index (χ0v) is 18.5. The molecular formula is C24H21N5O3S. The van der Waals surface area contributed by atoms with Gasteiger partial charge in [-0.25, -0.2) is 5.43 Å². The summed E-state index contributed by atoms with van der Waals surface area (Å²) < 4.78 is 1.92. The topological polar surface area (TPSA) is 113 Å². The van der Waals surface area contributed by atoms with Crippen molar-refractivity contribution in [2.24, 2.45) is 5.10 Å². The van der Waals surface area contributed by atoms with E-state index < -0.39 is 0 Å². The van der Waals surface area contributed by atoms with Crippen molar-refractivity contribution in [2.75, 3.05) is 5.75 Å². The van der Waals surface area contributed by atoms with E-state index in [4.69, 9.17) is 0 Å². The molecule has 0 aliphatic carbocycles. The number of phenols is 2. The molecule has 0 bridgehead atoms. The molecule has 1 amide bonds. The summed E-state index contributed by atoms with van der Waals surface area (Å²) in [5.41, 5.74) is 5.75. The van der Waals surface area contributed by atoms with Crippen LogP contribution in [0.2, 0.25) is 0 Å². The Morgan fingerprint density at radius 3 is 2.55 bits per heavy atom.